The Morgan fingerprint density at radius 1 is 1.27 bits per heavy atom. The van der Waals surface area contributed by atoms with Crippen molar-refractivity contribution in [2.45, 2.75) is 58.4 Å². The maximum Gasteiger partial charge on any atom is 0.307 e. The van der Waals surface area contributed by atoms with Gasteiger partial charge in [-0.1, -0.05) is 57.9 Å². The van der Waals surface area contributed by atoms with E-state index in [0.29, 0.717) is 18.5 Å². The number of aliphatic carboxylic acids is 1. The van der Waals surface area contributed by atoms with Crippen molar-refractivity contribution in [1.82, 2.24) is 4.90 Å². The lowest BCUT2D eigenvalue weighted by molar-refractivity contribution is -0.141. The van der Waals surface area contributed by atoms with Crippen LogP contribution in [0.2, 0.25) is 0 Å². The summed E-state index contributed by atoms with van der Waals surface area (Å²) in [5, 5.41) is 11.2. The van der Waals surface area contributed by atoms with E-state index in [2.05, 4.69) is 43.0 Å². The van der Waals surface area contributed by atoms with Crippen molar-refractivity contribution in [1.29, 1.82) is 0 Å². The molecule has 3 N–H and O–H groups in total. The largest absolute Gasteiger partial charge is 0.481 e. The number of carbonyl (C=O) groups is 1. The molecular weight excluding hydrogens is 344 g/mol. The molecule has 4 nitrogen and oxygen atoms in total. The maximum absolute atomic E-state index is 11.2. The number of benzene rings is 1. The first-order valence-corrected chi connectivity index (χ1v) is 10.6. The predicted molar refractivity (Wildman–Crippen MR) is 111 cm³/mol. The molecule has 0 radical (unpaired) electrons. The second kappa shape index (κ2) is 10.0. The van der Waals surface area contributed by atoms with Crippen LogP contribution in [-0.2, 0) is 4.79 Å². The van der Waals surface area contributed by atoms with Gasteiger partial charge in [0.25, 0.3) is 0 Å². The van der Waals surface area contributed by atoms with Crippen molar-refractivity contribution < 1.29 is 9.90 Å². The average molecular weight is 377 g/mol. The van der Waals surface area contributed by atoms with Gasteiger partial charge in [0.15, 0.2) is 0 Å². The van der Waals surface area contributed by atoms with Gasteiger partial charge in [0, 0.05) is 24.2 Å². The number of nitrogens with zero attached hydrogens (tertiary/aromatic N) is 1. The van der Waals surface area contributed by atoms with Gasteiger partial charge in [-0.25, -0.2) is 0 Å². The normalized spacial score (nSPS) is 17.2. The Hall–Kier alpha value is -1.46. The van der Waals surface area contributed by atoms with Crippen molar-refractivity contribution >= 4 is 23.4 Å². The van der Waals surface area contributed by atoms with Crippen LogP contribution in [0.25, 0.3) is 5.70 Å². The third kappa shape index (κ3) is 6.06. The standard InChI is InChI=1S/C21H32N2O2S/c1-15(2)17-8-10-18(11-9-17)20(22)13-26-14-23(12-16(3)21(24)25)19-6-4-5-7-19/h8-11,13,15-16,19H,4-7,12,14,22H2,1-3H3,(H,24,25)/b20-13-. The lowest BCUT2D eigenvalue weighted by Crippen LogP contribution is -2.38. The molecule has 1 fully saturated rings. The Morgan fingerprint density at radius 3 is 2.42 bits per heavy atom. The van der Waals surface area contributed by atoms with E-state index in [1.54, 1.807) is 18.7 Å². The van der Waals surface area contributed by atoms with E-state index < -0.39 is 5.97 Å². The summed E-state index contributed by atoms with van der Waals surface area (Å²) >= 11 is 1.66. The van der Waals surface area contributed by atoms with Gasteiger partial charge < -0.3 is 10.8 Å². The van der Waals surface area contributed by atoms with Crippen molar-refractivity contribution in [2.24, 2.45) is 11.7 Å². The lowest BCUT2D eigenvalue weighted by Gasteiger charge is -2.29. The van der Waals surface area contributed by atoms with Gasteiger partial charge in [-0.2, -0.15) is 0 Å². The van der Waals surface area contributed by atoms with E-state index >= 15 is 0 Å². The van der Waals surface area contributed by atoms with Crippen LogP contribution in [0.5, 0.6) is 0 Å². The van der Waals surface area contributed by atoms with E-state index in [-0.39, 0.29) is 5.92 Å². The molecule has 1 atom stereocenters. The molecule has 1 saturated carbocycles. The van der Waals surface area contributed by atoms with Crippen LogP contribution >= 0.6 is 11.8 Å². The fraction of sp³-hybridized carbons (Fsp3) is 0.571. The number of hydrogen-bond acceptors (Lipinski definition) is 4. The number of hydrogen-bond donors (Lipinski definition) is 2. The summed E-state index contributed by atoms with van der Waals surface area (Å²) < 4.78 is 0. The van der Waals surface area contributed by atoms with Crippen LogP contribution in [0.1, 0.15) is 63.5 Å². The summed E-state index contributed by atoms with van der Waals surface area (Å²) in [7, 11) is 0. The highest BCUT2D eigenvalue weighted by molar-refractivity contribution is 8.02. The van der Waals surface area contributed by atoms with Crippen LogP contribution in [0.15, 0.2) is 29.7 Å². The minimum absolute atomic E-state index is 0.346. The zero-order valence-electron chi connectivity index (χ0n) is 16.1. The smallest absolute Gasteiger partial charge is 0.307 e. The molecule has 0 heterocycles. The highest BCUT2D eigenvalue weighted by Crippen LogP contribution is 2.27. The third-order valence-electron chi connectivity index (χ3n) is 5.13. The molecule has 0 spiro atoms. The summed E-state index contributed by atoms with van der Waals surface area (Å²) in [4.78, 5) is 13.5. The minimum atomic E-state index is -0.724. The van der Waals surface area contributed by atoms with Crippen molar-refractivity contribution in [3.63, 3.8) is 0 Å². The quantitative estimate of drug-likeness (QED) is 0.610. The molecule has 0 saturated heterocycles. The van der Waals surface area contributed by atoms with Crippen molar-refractivity contribution in [3.8, 4) is 0 Å². The summed E-state index contributed by atoms with van der Waals surface area (Å²) in [6.45, 7) is 6.75. The molecule has 1 aliphatic rings. The van der Waals surface area contributed by atoms with Crippen LogP contribution in [0.3, 0.4) is 0 Å². The average Bonchev–Trinajstić information content (AvgIpc) is 3.15. The third-order valence-corrected chi connectivity index (χ3v) is 6.03. The molecule has 0 aliphatic heterocycles. The van der Waals surface area contributed by atoms with Gasteiger partial charge in [0.2, 0.25) is 0 Å². The molecule has 0 amide bonds. The number of thioether (sulfide) groups is 1. The predicted octanol–water partition coefficient (Wildman–Crippen LogP) is 4.72. The van der Waals surface area contributed by atoms with Gasteiger partial charge in [-0.15, -0.1) is 11.8 Å². The van der Waals surface area contributed by atoms with E-state index in [1.807, 2.05) is 5.41 Å². The van der Waals surface area contributed by atoms with Gasteiger partial charge in [0.1, 0.15) is 0 Å². The summed E-state index contributed by atoms with van der Waals surface area (Å²) in [6.07, 6.45) is 4.83. The maximum atomic E-state index is 11.2. The van der Waals surface area contributed by atoms with Crippen LogP contribution in [0, 0.1) is 5.92 Å². The molecule has 0 bridgehead atoms. The second-order valence-corrected chi connectivity index (χ2v) is 8.42. The SMILES string of the molecule is CC(CN(CS/C=C(\N)c1ccc(C(C)C)cc1)C1CCCC1)C(=O)O. The molecule has 26 heavy (non-hydrogen) atoms. The van der Waals surface area contributed by atoms with E-state index in [0.717, 1.165) is 17.1 Å². The Labute approximate surface area is 161 Å². The molecule has 5 heteroatoms. The number of nitrogens with two attached hydrogens (primary N) is 1. The second-order valence-electron chi connectivity index (χ2n) is 7.59. The van der Waals surface area contributed by atoms with E-state index in [1.165, 1.54) is 31.2 Å². The monoisotopic (exact) mass is 376 g/mol. The summed E-state index contributed by atoms with van der Waals surface area (Å²) in [5.41, 5.74) is 9.35. The van der Waals surface area contributed by atoms with Crippen molar-refractivity contribution in [2.75, 3.05) is 12.4 Å². The van der Waals surface area contributed by atoms with E-state index in [9.17, 15) is 9.90 Å². The van der Waals surface area contributed by atoms with Gasteiger partial charge in [0.05, 0.1) is 5.92 Å². The van der Waals surface area contributed by atoms with Crippen LogP contribution < -0.4 is 5.73 Å². The Bertz CT molecular complexity index is 607. The molecule has 2 rings (SSSR count). The van der Waals surface area contributed by atoms with Gasteiger partial charge in [-0.3, -0.25) is 9.69 Å². The van der Waals surface area contributed by atoms with Gasteiger partial charge >= 0.3 is 5.97 Å². The fourth-order valence-corrected chi connectivity index (χ4v) is 4.26. The summed E-state index contributed by atoms with van der Waals surface area (Å²) in [5.74, 6) is 0.229. The molecule has 1 aromatic rings. The van der Waals surface area contributed by atoms with Crippen molar-refractivity contribution in [3.05, 3.63) is 40.8 Å². The number of carboxylic acids is 1. The Morgan fingerprint density at radius 2 is 1.88 bits per heavy atom. The Kier molecular flexibility index (Phi) is 8.04. The molecule has 0 aromatic heterocycles. The summed E-state index contributed by atoms with van der Waals surface area (Å²) in [6, 6.07) is 8.91. The first kappa shape index (κ1) is 20.8. The first-order chi connectivity index (χ1) is 12.4. The topological polar surface area (TPSA) is 66.6 Å². The lowest BCUT2D eigenvalue weighted by atomic mass is 10.0. The zero-order valence-corrected chi connectivity index (χ0v) is 17.0. The fourth-order valence-electron chi connectivity index (χ4n) is 3.36. The molecule has 1 aromatic carbocycles. The van der Waals surface area contributed by atoms with Gasteiger partial charge in [-0.05, 0) is 35.3 Å². The Balaban J connectivity index is 1.95. The first-order valence-electron chi connectivity index (χ1n) is 9.53. The molecule has 144 valence electrons. The number of carboxylic acid groups (broad SMARTS) is 1. The zero-order chi connectivity index (χ0) is 19.1. The highest BCUT2D eigenvalue weighted by Gasteiger charge is 2.25. The minimum Gasteiger partial charge on any atom is -0.481 e. The molecular formula is C21H32N2O2S. The molecule has 1 unspecified atom stereocenters. The number of rotatable bonds is 9. The highest BCUT2D eigenvalue weighted by atomic mass is 32.2. The van der Waals surface area contributed by atoms with E-state index in [4.69, 9.17) is 5.73 Å². The molecule has 1 aliphatic carbocycles. The van der Waals surface area contributed by atoms with Crippen LogP contribution in [0.4, 0.5) is 0 Å². The van der Waals surface area contributed by atoms with Crippen LogP contribution in [-0.4, -0.2) is 34.4 Å².